The van der Waals surface area contributed by atoms with Crippen molar-refractivity contribution in [2.45, 2.75) is 39.7 Å². The van der Waals surface area contributed by atoms with Gasteiger partial charge in [0.2, 0.25) is 0 Å². The Hall–Kier alpha value is -1.29. The third kappa shape index (κ3) is 4.26. The zero-order chi connectivity index (χ0) is 19.8. The number of fused-ring (bicyclic) bond motifs is 1. The van der Waals surface area contributed by atoms with E-state index < -0.39 is 0 Å². The van der Waals surface area contributed by atoms with Crippen LogP contribution in [0.15, 0.2) is 45.9 Å². The first-order valence-electron chi connectivity index (χ1n) is 9.03. The zero-order valence-corrected chi connectivity index (χ0v) is 19.1. The summed E-state index contributed by atoms with van der Waals surface area (Å²) in [5.41, 5.74) is 5.33. The molecule has 0 saturated heterocycles. The Balaban J connectivity index is 2.02. The van der Waals surface area contributed by atoms with Crippen molar-refractivity contribution < 1.29 is 0 Å². The van der Waals surface area contributed by atoms with Crippen molar-refractivity contribution in [2.75, 3.05) is 11.4 Å². The van der Waals surface area contributed by atoms with Crippen LogP contribution in [0.2, 0.25) is 10.0 Å². The molecule has 0 spiro atoms. The van der Waals surface area contributed by atoms with Gasteiger partial charge < -0.3 is 4.90 Å². The maximum atomic E-state index is 6.62. The van der Waals surface area contributed by atoms with Gasteiger partial charge in [-0.15, -0.1) is 0 Å². The second kappa shape index (κ2) is 7.98. The predicted molar refractivity (Wildman–Crippen MR) is 123 cm³/mol. The average molecular weight is 466 g/mol. The smallest absolute Gasteiger partial charge is 0.0645 e. The molecule has 27 heavy (non-hydrogen) atoms. The van der Waals surface area contributed by atoms with E-state index in [1.165, 1.54) is 16.8 Å². The number of halogens is 3. The highest BCUT2D eigenvalue weighted by Gasteiger charge is 2.31. The molecule has 2 nitrogen and oxygen atoms in total. The monoisotopic (exact) mass is 464 g/mol. The van der Waals surface area contributed by atoms with Crippen molar-refractivity contribution in [2.24, 2.45) is 4.99 Å². The molecule has 0 unspecified atom stereocenters. The lowest BCUT2D eigenvalue weighted by atomic mass is 9.88. The van der Waals surface area contributed by atoms with Crippen molar-refractivity contribution in [3.63, 3.8) is 0 Å². The Bertz CT molecular complexity index is 932. The summed E-state index contributed by atoms with van der Waals surface area (Å²) in [5.74, 6) is 0. The van der Waals surface area contributed by atoms with Crippen molar-refractivity contribution in [3.05, 3.63) is 62.1 Å². The van der Waals surface area contributed by atoms with Gasteiger partial charge in [0.05, 0.1) is 21.3 Å². The van der Waals surface area contributed by atoms with Gasteiger partial charge >= 0.3 is 0 Å². The summed E-state index contributed by atoms with van der Waals surface area (Å²) in [5, 5.41) is 1.34. The van der Waals surface area contributed by atoms with E-state index >= 15 is 0 Å². The maximum Gasteiger partial charge on any atom is 0.0645 e. The second-order valence-electron chi connectivity index (χ2n) is 7.38. The largest absolute Gasteiger partial charge is 0.362 e. The van der Waals surface area contributed by atoms with E-state index in [1.807, 2.05) is 18.2 Å². The van der Waals surface area contributed by atoms with Crippen LogP contribution in [-0.2, 0) is 0 Å². The summed E-state index contributed by atoms with van der Waals surface area (Å²) < 4.78 is 0.856. The number of nitrogens with zero attached hydrogens (tertiary/aromatic N) is 2. The SMILES string of the molecule is CCCN1c2cc(Cl)c(C=Nc3ccc(Br)c(Cl)c3)cc2C(C)=CC1(C)C. The van der Waals surface area contributed by atoms with E-state index in [1.54, 1.807) is 6.21 Å². The van der Waals surface area contributed by atoms with Crippen LogP contribution in [0.4, 0.5) is 11.4 Å². The van der Waals surface area contributed by atoms with Crippen LogP contribution in [-0.4, -0.2) is 18.3 Å². The lowest BCUT2D eigenvalue weighted by Gasteiger charge is -2.43. The Morgan fingerprint density at radius 3 is 2.56 bits per heavy atom. The molecule has 1 aliphatic rings. The van der Waals surface area contributed by atoms with Crippen LogP contribution >= 0.6 is 39.1 Å². The fourth-order valence-electron chi connectivity index (χ4n) is 3.56. The summed E-state index contributed by atoms with van der Waals surface area (Å²) in [6.45, 7) is 9.84. The summed E-state index contributed by atoms with van der Waals surface area (Å²) >= 11 is 16.2. The fourth-order valence-corrected chi connectivity index (χ4v) is 4.18. The molecule has 0 amide bonds. The van der Waals surface area contributed by atoms with Gasteiger partial charge in [0.1, 0.15) is 0 Å². The van der Waals surface area contributed by atoms with Gasteiger partial charge in [-0.05, 0) is 79.0 Å². The summed E-state index contributed by atoms with van der Waals surface area (Å²) in [7, 11) is 0. The van der Waals surface area contributed by atoms with Gasteiger partial charge in [0.25, 0.3) is 0 Å². The van der Waals surface area contributed by atoms with Gasteiger partial charge in [0.15, 0.2) is 0 Å². The molecule has 0 fully saturated rings. The molecule has 0 aromatic heterocycles. The summed E-state index contributed by atoms with van der Waals surface area (Å²) in [4.78, 5) is 6.98. The highest BCUT2D eigenvalue weighted by atomic mass is 79.9. The molecule has 0 saturated carbocycles. The van der Waals surface area contributed by atoms with E-state index in [0.29, 0.717) is 10.0 Å². The number of hydrogen-bond acceptors (Lipinski definition) is 2. The van der Waals surface area contributed by atoms with E-state index in [9.17, 15) is 0 Å². The van der Waals surface area contributed by atoms with Crippen LogP contribution in [0.5, 0.6) is 0 Å². The maximum absolute atomic E-state index is 6.62. The molecule has 1 aliphatic heterocycles. The Morgan fingerprint density at radius 1 is 1.15 bits per heavy atom. The van der Waals surface area contributed by atoms with E-state index in [4.69, 9.17) is 23.2 Å². The molecule has 1 heterocycles. The molecule has 5 heteroatoms. The highest BCUT2D eigenvalue weighted by Crippen LogP contribution is 2.41. The summed E-state index contributed by atoms with van der Waals surface area (Å²) in [6, 6.07) is 9.83. The molecule has 2 aromatic carbocycles. The first kappa shape index (κ1) is 20.4. The van der Waals surface area contributed by atoms with Gasteiger partial charge in [-0.25, -0.2) is 0 Å². The van der Waals surface area contributed by atoms with E-state index in [2.05, 4.69) is 71.7 Å². The van der Waals surface area contributed by atoms with Crippen molar-refractivity contribution >= 4 is 62.3 Å². The molecule has 0 N–H and O–H groups in total. The molecule has 0 radical (unpaired) electrons. The minimum atomic E-state index is -0.0276. The first-order chi connectivity index (χ1) is 12.7. The number of rotatable bonds is 4. The van der Waals surface area contributed by atoms with E-state index in [-0.39, 0.29) is 5.54 Å². The second-order valence-corrected chi connectivity index (χ2v) is 9.05. The van der Waals surface area contributed by atoms with Gasteiger partial charge in [-0.3, -0.25) is 4.99 Å². The number of aliphatic imine (C=N–C) groups is 1. The van der Waals surface area contributed by atoms with Gasteiger partial charge in [-0.2, -0.15) is 0 Å². The lowest BCUT2D eigenvalue weighted by molar-refractivity contribution is 0.550. The Labute approximate surface area is 180 Å². The highest BCUT2D eigenvalue weighted by molar-refractivity contribution is 9.10. The zero-order valence-electron chi connectivity index (χ0n) is 16.0. The summed E-state index contributed by atoms with van der Waals surface area (Å²) in [6.07, 6.45) is 5.22. The van der Waals surface area contributed by atoms with E-state index in [0.717, 1.165) is 28.7 Å². The van der Waals surface area contributed by atoms with Gasteiger partial charge in [-0.1, -0.05) is 36.2 Å². The minimum Gasteiger partial charge on any atom is -0.362 e. The normalized spacial score (nSPS) is 15.8. The molecule has 0 bridgehead atoms. The molecule has 0 aliphatic carbocycles. The molecular formula is C22H23BrCl2N2. The number of hydrogen-bond donors (Lipinski definition) is 0. The number of allylic oxidation sites excluding steroid dienone is 1. The minimum absolute atomic E-state index is 0.0276. The Morgan fingerprint density at radius 2 is 1.89 bits per heavy atom. The van der Waals surface area contributed by atoms with Gasteiger partial charge in [0, 0.05) is 34.0 Å². The molecular weight excluding hydrogens is 443 g/mol. The molecule has 142 valence electrons. The third-order valence-electron chi connectivity index (χ3n) is 4.80. The third-order valence-corrected chi connectivity index (χ3v) is 6.36. The predicted octanol–water partition coefficient (Wildman–Crippen LogP) is 7.92. The number of benzene rings is 2. The average Bonchev–Trinajstić information content (AvgIpc) is 2.59. The van der Waals surface area contributed by atoms with Crippen LogP contribution in [0.1, 0.15) is 45.2 Å². The van der Waals surface area contributed by atoms with Crippen molar-refractivity contribution in [3.8, 4) is 0 Å². The standard InChI is InChI=1S/C22H23BrCl2N2/c1-5-8-27-21-11-19(24)15(9-17(21)14(2)12-22(27,3)4)13-26-16-6-7-18(23)20(25)10-16/h6-7,9-13H,5,8H2,1-4H3. The van der Waals surface area contributed by atoms with Crippen molar-refractivity contribution in [1.82, 2.24) is 0 Å². The fraction of sp³-hybridized carbons (Fsp3) is 0.318. The van der Waals surface area contributed by atoms with Crippen molar-refractivity contribution in [1.29, 1.82) is 0 Å². The quantitative estimate of drug-likeness (QED) is 0.418. The topological polar surface area (TPSA) is 15.6 Å². The molecule has 2 aromatic rings. The first-order valence-corrected chi connectivity index (χ1v) is 10.6. The molecule has 3 rings (SSSR count). The van der Waals surface area contributed by atoms with Crippen LogP contribution in [0.3, 0.4) is 0 Å². The number of anilines is 1. The molecule has 0 atom stereocenters. The lowest BCUT2D eigenvalue weighted by Crippen LogP contribution is -2.45. The van der Waals surface area contributed by atoms with Crippen LogP contribution in [0.25, 0.3) is 5.57 Å². The van der Waals surface area contributed by atoms with Crippen LogP contribution < -0.4 is 4.90 Å². The Kier molecular flexibility index (Phi) is 6.05. The van der Waals surface area contributed by atoms with Crippen LogP contribution in [0, 0.1) is 0 Å².